The van der Waals surface area contributed by atoms with Crippen molar-refractivity contribution in [2.24, 2.45) is 0 Å². The van der Waals surface area contributed by atoms with Crippen LogP contribution in [0.1, 0.15) is 5.76 Å². The van der Waals surface area contributed by atoms with Crippen molar-refractivity contribution in [1.29, 1.82) is 0 Å². The van der Waals surface area contributed by atoms with E-state index in [2.05, 4.69) is 0 Å². The van der Waals surface area contributed by atoms with E-state index >= 15 is 0 Å². The van der Waals surface area contributed by atoms with Crippen LogP contribution in [0, 0.1) is 0 Å². The fourth-order valence-electron chi connectivity index (χ4n) is 2.23. The van der Waals surface area contributed by atoms with E-state index in [1.54, 1.807) is 5.48 Å². The summed E-state index contributed by atoms with van der Waals surface area (Å²) >= 11 is 0. The van der Waals surface area contributed by atoms with Gasteiger partial charge < -0.3 is 4.42 Å². The van der Waals surface area contributed by atoms with E-state index in [1.165, 1.54) is 0 Å². The number of hydrogen-bond donors (Lipinski definition) is 2. The third-order valence-electron chi connectivity index (χ3n) is 3.17. The number of nitrogens with one attached hydrogen (secondary N) is 1. The lowest BCUT2D eigenvalue weighted by molar-refractivity contribution is -0.128. The van der Waals surface area contributed by atoms with Gasteiger partial charge in [-0.15, -0.1) is 0 Å². The second-order valence-electron chi connectivity index (χ2n) is 4.51. The van der Waals surface area contributed by atoms with E-state index in [1.807, 2.05) is 54.6 Å². The smallest absolute Gasteiger partial charge is 0.250 e. The third-order valence-corrected chi connectivity index (χ3v) is 3.17. The molecular formula is C16H13NO3. The van der Waals surface area contributed by atoms with Gasteiger partial charge in [0.05, 0.1) is 6.42 Å². The molecule has 0 aromatic heterocycles. The zero-order valence-corrected chi connectivity index (χ0v) is 10.7. The Hall–Kier alpha value is -2.59. The molecule has 1 aliphatic heterocycles. The average Bonchev–Trinajstić information content (AvgIpc) is 2.94. The first-order chi connectivity index (χ1) is 9.78. The lowest BCUT2D eigenvalue weighted by atomic mass is 10.0. The zero-order chi connectivity index (χ0) is 13.9. The fourth-order valence-corrected chi connectivity index (χ4v) is 2.23. The Kier molecular flexibility index (Phi) is 3.23. The largest absolute Gasteiger partial charge is 0.460 e. The molecule has 1 aromatic carbocycles. The number of fused-ring (bicyclic) bond motifs is 1. The van der Waals surface area contributed by atoms with Crippen molar-refractivity contribution in [1.82, 2.24) is 5.48 Å². The van der Waals surface area contributed by atoms with Gasteiger partial charge in [0, 0.05) is 11.1 Å². The van der Waals surface area contributed by atoms with E-state index in [4.69, 9.17) is 9.62 Å². The van der Waals surface area contributed by atoms with Gasteiger partial charge in [-0.3, -0.25) is 10.0 Å². The number of hydrogen-bond acceptors (Lipinski definition) is 3. The molecule has 0 atom stereocenters. The van der Waals surface area contributed by atoms with Gasteiger partial charge in [0.2, 0.25) is 0 Å². The highest BCUT2D eigenvalue weighted by atomic mass is 16.5. The normalized spacial score (nSPS) is 10.7. The van der Waals surface area contributed by atoms with Crippen LogP contribution in [0.25, 0.3) is 22.5 Å². The Morgan fingerprint density at radius 2 is 1.80 bits per heavy atom. The molecule has 4 nitrogen and oxygen atoms in total. The highest BCUT2D eigenvalue weighted by Gasteiger charge is 2.16. The number of benzene rings is 1. The van der Waals surface area contributed by atoms with Crippen LogP contribution in [-0.4, -0.2) is 11.1 Å². The number of carbonyl (C=O) groups is 1. The van der Waals surface area contributed by atoms with Crippen molar-refractivity contribution < 1.29 is 14.4 Å². The molecule has 1 aliphatic carbocycles. The van der Waals surface area contributed by atoms with Crippen molar-refractivity contribution in [3.63, 3.8) is 0 Å². The van der Waals surface area contributed by atoms with Crippen LogP contribution < -0.4 is 5.48 Å². The van der Waals surface area contributed by atoms with Crippen LogP contribution >= 0.6 is 0 Å². The van der Waals surface area contributed by atoms with Gasteiger partial charge in [-0.2, -0.15) is 0 Å². The maximum absolute atomic E-state index is 11.4. The fraction of sp³-hybridized carbons (Fsp3) is 0.0625. The van der Waals surface area contributed by atoms with Crippen molar-refractivity contribution in [3.8, 4) is 22.5 Å². The van der Waals surface area contributed by atoms with E-state index in [-0.39, 0.29) is 6.42 Å². The maximum atomic E-state index is 11.4. The lowest BCUT2D eigenvalue weighted by Crippen LogP contribution is -2.21. The van der Waals surface area contributed by atoms with E-state index in [0.29, 0.717) is 5.76 Å². The van der Waals surface area contributed by atoms with Crippen LogP contribution in [0.2, 0.25) is 0 Å². The quantitative estimate of drug-likeness (QED) is 0.566. The molecule has 0 bridgehead atoms. The molecule has 20 heavy (non-hydrogen) atoms. The van der Waals surface area contributed by atoms with Gasteiger partial charge in [0.15, 0.2) is 0 Å². The number of amides is 1. The number of carbonyl (C=O) groups excluding carboxylic acids is 1. The molecule has 0 saturated heterocycles. The Balaban J connectivity index is 2.15. The molecule has 3 rings (SSSR count). The second kappa shape index (κ2) is 5.19. The van der Waals surface area contributed by atoms with Crippen LogP contribution in [0.3, 0.4) is 0 Å². The Morgan fingerprint density at radius 3 is 2.55 bits per heavy atom. The summed E-state index contributed by atoms with van der Waals surface area (Å²) in [4.78, 5) is 11.4. The highest BCUT2D eigenvalue weighted by Crippen LogP contribution is 2.33. The van der Waals surface area contributed by atoms with Crippen molar-refractivity contribution >= 4 is 5.91 Å². The number of hydroxylamine groups is 1. The van der Waals surface area contributed by atoms with E-state index in [9.17, 15) is 4.79 Å². The summed E-state index contributed by atoms with van der Waals surface area (Å²) in [5.41, 5.74) is 4.45. The van der Waals surface area contributed by atoms with Gasteiger partial charge in [-0.1, -0.05) is 42.5 Å². The summed E-state index contributed by atoms with van der Waals surface area (Å²) in [6, 6.07) is 17.4. The molecule has 100 valence electrons. The summed E-state index contributed by atoms with van der Waals surface area (Å²) in [5.74, 6) is 0.753. The predicted molar refractivity (Wildman–Crippen MR) is 74.4 cm³/mol. The van der Waals surface area contributed by atoms with Crippen LogP contribution in [0.15, 0.2) is 59.0 Å². The van der Waals surface area contributed by atoms with Crippen molar-refractivity contribution in [2.45, 2.75) is 6.42 Å². The second-order valence-corrected chi connectivity index (χ2v) is 4.51. The SMILES string of the molecule is O=C(Cc1oc2cccc-2cc1-c1ccccc1)NO. The summed E-state index contributed by atoms with van der Waals surface area (Å²) in [6.45, 7) is 0. The van der Waals surface area contributed by atoms with Gasteiger partial charge in [0.25, 0.3) is 5.91 Å². The summed E-state index contributed by atoms with van der Waals surface area (Å²) in [7, 11) is 0. The standard InChI is InChI=1S/C16H13NO3/c18-16(17-19)10-15-13(11-5-2-1-3-6-11)9-12-7-4-8-14(12)20-15/h1-9,19H,10H2,(H,17,18). The molecule has 2 N–H and O–H groups in total. The van der Waals surface area contributed by atoms with Crippen LogP contribution in [-0.2, 0) is 11.2 Å². The predicted octanol–water partition coefficient (Wildman–Crippen LogP) is 3.10. The molecule has 1 aromatic rings. The Bertz CT molecular complexity index is 703. The Morgan fingerprint density at radius 1 is 1.05 bits per heavy atom. The molecule has 0 radical (unpaired) electrons. The number of rotatable bonds is 3. The molecule has 4 heteroatoms. The van der Waals surface area contributed by atoms with Gasteiger partial charge in [-0.05, 0) is 17.7 Å². The molecule has 1 heterocycles. The van der Waals surface area contributed by atoms with Crippen LogP contribution in [0.4, 0.5) is 0 Å². The van der Waals surface area contributed by atoms with Gasteiger partial charge in [-0.25, -0.2) is 5.48 Å². The minimum atomic E-state index is -0.503. The first kappa shape index (κ1) is 12.4. The minimum absolute atomic E-state index is 0.0121. The maximum Gasteiger partial charge on any atom is 0.250 e. The van der Waals surface area contributed by atoms with Crippen LogP contribution in [0.5, 0.6) is 0 Å². The monoisotopic (exact) mass is 267 g/mol. The lowest BCUT2D eigenvalue weighted by Gasteiger charge is -2.11. The highest BCUT2D eigenvalue weighted by molar-refractivity contribution is 5.81. The minimum Gasteiger partial charge on any atom is -0.460 e. The van der Waals surface area contributed by atoms with E-state index in [0.717, 1.165) is 22.5 Å². The Labute approximate surface area is 116 Å². The van der Waals surface area contributed by atoms with Crippen molar-refractivity contribution in [3.05, 3.63) is 60.4 Å². The van der Waals surface area contributed by atoms with Gasteiger partial charge in [0.1, 0.15) is 11.5 Å². The summed E-state index contributed by atoms with van der Waals surface area (Å²) in [5, 5.41) is 8.69. The molecule has 0 unspecified atom stereocenters. The third kappa shape index (κ3) is 2.29. The topological polar surface area (TPSA) is 62.5 Å². The molecule has 0 saturated carbocycles. The summed E-state index contributed by atoms with van der Waals surface area (Å²) in [6.07, 6.45) is -0.0121. The average molecular weight is 267 g/mol. The molecule has 0 fully saturated rings. The first-order valence-electron chi connectivity index (χ1n) is 6.28. The zero-order valence-electron chi connectivity index (χ0n) is 10.7. The van der Waals surface area contributed by atoms with Gasteiger partial charge >= 0.3 is 0 Å². The molecular weight excluding hydrogens is 254 g/mol. The molecule has 2 aliphatic rings. The molecule has 1 amide bonds. The van der Waals surface area contributed by atoms with E-state index < -0.39 is 5.91 Å². The summed E-state index contributed by atoms with van der Waals surface area (Å²) < 4.78 is 5.79. The molecule has 0 spiro atoms. The van der Waals surface area contributed by atoms with Crippen molar-refractivity contribution in [2.75, 3.05) is 0 Å². The first-order valence-corrected chi connectivity index (χ1v) is 6.28.